The molecule has 0 heterocycles. The Hall–Kier alpha value is -1.95. The molecule has 1 aromatic rings. The van der Waals surface area contributed by atoms with Gasteiger partial charge in [0.25, 0.3) is 0 Å². The summed E-state index contributed by atoms with van der Waals surface area (Å²) < 4.78 is 5.18. The van der Waals surface area contributed by atoms with E-state index in [4.69, 9.17) is 4.74 Å². The van der Waals surface area contributed by atoms with Crippen LogP contribution in [0.1, 0.15) is 12.5 Å². The van der Waals surface area contributed by atoms with Crippen LogP contribution in [0, 0.1) is 6.92 Å². The first-order valence-electron chi connectivity index (χ1n) is 5.64. The van der Waals surface area contributed by atoms with Crippen LogP contribution < -0.4 is 20.8 Å². The van der Waals surface area contributed by atoms with E-state index in [1.54, 1.807) is 13.2 Å². The van der Waals surface area contributed by atoms with Gasteiger partial charge in [0.05, 0.1) is 12.8 Å². The van der Waals surface area contributed by atoms with Crippen molar-refractivity contribution in [3.8, 4) is 5.75 Å². The molecule has 0 saturated carbocycles. The average molecular weight is 287 g/mol. The van der Waals surface area contributed by atoms with Crippen molar-refractivity contribution in [2.75, 3.05) is 19.0 Å². The van der Waals surface area contributed by atoms with E-state index in [1.165, 1.54) is 6.34 Å². The van der Waals surface area contributed by atoms with Crippen LogP contribution in [0.3, 0.4) is 0 Å². The molecule has 0 saturated heterocycles. The van der Waals surface area contributed by atoms with Crippen LogP contribution in [0.2, 0.25) is 0 Å². The smallest absolute Gasteiger partial charge is 0.324 e. The topological polar surface area (TPSA) is 74.8 Å². The molecule has 0 spiro atoms. The van der Waals surface area contributed by atoms with Crippen LogP contribution in [0.25, 0.3) is 0 Å². The Balaban J connectivity index is 0.00000324. The molecule has 0 radical (unpaired) electrons. The van der Waals surface area contributed by atoms with Gasteiger partial charge in [-0.15, -0.1) is 12.4 Å². The molecule has 0 aliphatic carbocycles. The number of rotatable bonds is 5. The van der Waals surface area contributed by atoms with E-state index < -0.39 is 0 Å². The molecule has 0 unspecified atom stereocenters. The third-order valence-corrected chi connectivity index (χ3v) is 2.20. The fraction of sp³-hybridized carbons (Fsp3) is 0.333. The fourth-order valence-corrected chi connectivity index (χ4v) is 1.35. The van der Waals surface area contributed by atoms with E-state index in [0.717, 1.165) is 5.56 Å². The van der Waals surface area contributed by atoms with Gasteiger partial charge in [-0.2, -0.15) is 5.10 Å². The zero-order valence-corrected chi connectivity index (χ0v) is 12.0. The lowest BCUT2D eigenvalue weighted by molar-refractivity contribution is 0.256. The maximum atomic E-state index is 11.6. The van der Waals surface area contributed by atoms with E-state index in [0.29, 0.717) is 18.0 Å². The molecular formula is C12H19ClN4O2. The minimum atomic E-state index is -0.371. The van der Waals surface area contributed by atoms with Crippen molar-refractivity contribution < 1.29 is 9.53 Å². The summed E-state index contributed by atoms with van der Waals surface area (Å²) in [6.45, 7) is 4.51. The van der Waals surface area contributed by atoms with Gasteiger partial charge in [-0.1, -0.05) is 12.1 Å². The Kier molecular flexibility index (Phi) is 8.12. The summed E-state index contributed by atoms with van der Waals surface area (Å²) >= 11 is 0. The Bertz CT molecular complexity index is 438. The van der Waals surface area contributed by atoms with Gasteiger partial charge < -0.3 is 15.5 Å². The number of carbonyl (C=O) groups is 1. The summed E-state index contributed by atoms with van der Waals surface area (Å²) in [7, 11) is 1.56. The first-order chi connectivity index (χ1) is 8.69. The minimum absolute atomic E-state index is 0. The highest BCUT2D eigenvalue weighted by Gasteiger charge is 2.08. The first kappa shape index (κ1) is 17.1. The number of hydrogen-bond acceptors (Lipinski definition) is 4. The third kappa shape index (κ3) is 5.48. The molecule has 0 atom stereocenters. The van der Waals surface area contributed by atoms with E-state index in [1.807, 2.05) is 26.0 Å². The van der Waals surface area contributed by atoms with Crippen molar-refractivity contribution in [3.05, 3.63) is 23.8 Å². The quantitative estimate of drug-likeness (QED) is 0.441. The Labute approximate surface area is 119 Å². The Morgan fingerprint density at radius 3 is 2.84 bits per heavy atom. The van der Waals surface area contributed by atoms with Crippen molar-refractivity contribution in [2.45, 2.75) is 13.8 Å². The molecule has 1 aromatic carbocycles. The number of nitrogens with zero attached hydrogens (tertiary/aromatic N) is 1. The van der Waals surface area contributed by atoms with E-state index in [-0.39, 0.29) is 18.4 Å². The highest BCUT2D eigenvalue weighted by atomic mass is 35.5. The summed E-state index contributed by atoms with van der Waals surface area (Å²) in [5, 5.41) is 8.96. The summed E-state index contributed by atoms with van der Waals surface area (Å²) in [5.74, 6) is 0.619. The molecule has 1 rings (SSSR count). The molecule has 19 heavy (non-hydrogen) atoms. The summed E-state index contributed by atoms with van der Waals surface area (Å²) in [5.41, 5.74) is 4.28. The van der Waals surface area contributed by atoms with Gasteiger partial charge in [-0.25, -0.2) is 4.79 Å². The monoisotopic (exact) mass is 286 g/mol. The van der Waals surface area contributed by atoms with Gasteiger partial charge in [-0.05, 0) is 25.5 Å². The van der Waals surface area contributed by atoms with Crippen LogP contribution in [0.4, 0.5) is 10.5 Å². The number of benzene rings is 1. The second-order valence-electron chi connectivity index (χ2n) is 3.52. The molecule has 2 amide bonds. The number of ether oxygens (including phenoxy) is 1. The predicted octanol–water partition coefficient (Wildman–Crippen LogP) is 2.10. The Morgan fingerprint density at radius 1 is 1.47 bits per heavy atom. The third-order valence-electron chi connectivity index (χ3n) is 2.20. The summed E-state index contributed by atoms with van der Waals surface area (Å²) in [6, 6.07) is 5.17. The number of urea groups is 1. The number of halogens is 1. The highest BCUT2D eigenvalue weighted by molar-refractivity contribution is 5.97. The lowest BCUT2D eigenvalue weighted by Crippen LogP contribution is -2.28. The summed E-state index contributed by atoms with van der Waals surface area (Å²) in [6.07, 6.45) is 1.30. The molecule has 0 aliphatic heterocycles. The first-order valence-corrected chi connectivity index (χ1v) is 5.64. The number of methoxy groups -OCH3 is 1. The second kappa shape index (κ2) is 9.04. The van der Waals surface area contributed by atoms with Crippen molar-refractivity contribution in [3.63, 3.8) is 0 Å². The number of nitrogens with one attached hydrogen (secondary N) is 3. The normalized spacial score (nSPS) is 9.63. The zero-order valence-electron chi connectivity index (χ0n) is 11.2. The maximum absolute atomic E-state index is 11.6. The highest BCUT2D eigenvalue weighted by Crippen LogP contribution is 2.27. The largest absolute Gasteiger partial charge is 0.495 e. The molecule has 0 aliphatic rings. The standard InChI is InChI=1S/C12H18N4O2.ClH/c1-4-14-15-8-13-12(17)16-11-9(2)6-5-7-10(11)18-3;/h5-8,14H,4H2,1-3H3,(H2,13,15,16,17);1H. The van der Waals surface area contributed by atoms with Crippen LogP contribution in [-0.2, 0) is 0 Å². The molecule has 106 valence electrons. The summed E-state index contributed by atoms with van der Waals surface area (Å²) in [4.78, 5) is 11.6. The van der Waals surface area contributed by atoms with Gasteiger partial charge in [0.2, 0.25) is 0 Å². The molecule has 7 heteroatoms. The Morgan fingerprint density at radius 2 is 2.21 bits per heavy atom. The predicted molar refractivity (Wildman–Crippen MR) is 79.3 cm³/mol. The van der Waals surface area contributed by atoms with Gasteiger partial charge in [0.15, 0.2) is 0 Å². The number of amides is 2. The van der Waals surface area contributed by atoms with Crippen LogP contribution in [-0.4, -0.2) is 26.0 Å². The van der Waals surface area contributed by atoms with Crippen LogP contribution >= 0.6 is 12.4 Å². The van der Waals surface area contributed by atoms with E-state index >= 15 is 0 Å². The van der Waals surface area contributed by atoms with Gasteiger partial charge in [0, 0.05) is 6.54 Å². The number of aryl methyl sites for hydroxylation is 1. The lowest BCUT2D eigenvalue weighted by atomic mass is 10.2. The number of anilines is 1. The van der Waals surface area contributed by atoms with Crippen molar-refractivity contribution >= 4 is 30.5 Å². The van der Waals surface area contributed by atoms with E-state index in [9.17, 15) is 4.79 Å². The zero-order chi connectivity index (χ0) is 13.4. The molecule has 0 bridgehead atoms. The fourth-order valence-electron chi connectivity index (χ4n) is 1.35. The number of hydrogen-bond donors (Lipinski definition) is 3. The van der Waals surface area contributed by atoms with Crippen LogP contribution in [0.5, 0.6) is 5.75 Å². The molecule has 0 fully saturated rings. The SMILES string of the molecule is CCNN=CNC(=O)Nc1c(C)cccc1OC.Cl. The number of hydrazone groups is 1. The van der Waals surface area contributed by atoms with Crippen LogP contribution in [0.15, 0.2) is 23.3 Å². The van der Waals surface area contributed by atoms with E-state index in [2.05, 4.69) is 21.2 Å². The molecular weight excluding hydrogens is 268 g/mol. The van der Waals surface area contributed by atoms with Crippen molar-refractivity contribution in [1.29, 1.82) is 0 Å². The van der Waals surface area contributed by atoms with Gasteiger partial charge in [0.1, 0.15) is 12.1 Å². The second-order valence-corrected chi connectivity index (χ2v) is 3.52. The number of carbonyl (C=O) groups excluding carboxylic acids is 1. The van der Waals surface area contributed by atoms with Gasteiger partial charge >= 0.3 is 6.03 Å². The molecule has 3 N–H and O–H groups in total. The van der Waals surface area contributed by atoms with Gasteiger partial charge in [-0.3, -0.25) is 5.32 Å². The number of para-hydroxylation sites is 1. The molecule has 0 aromatic heterocycles. The van der Waals surface area contributed by atoms with Crippen molar-refractivity contribution in [1.82, 2.24) is 10.7 Å². The average Bonchev–Trinajstić information content (AvgIpc) is 2.37. The molecule has 6 nitrogen and oxygen atoms in total. The lowest BCUT2D eigenvalue weighted by Gasteiger charge is -2.12. The van der Waals surface area contributed by atoms with Crippen molar-refractivity contribution in [2.24, 2.45) is 5.10 Å². The maximum Gasteiger partial charge on any atom is 0.324 e. The minimum Gasteiger partial charge on any atom is -0.495 e.